The Morgan fingerprint density at radius 2 is 2.07 bits per heavy atom. The zero-order chi connectivity index (χ0) is 10.7. The van der Waals surface area contributed by atoms with Crippen LogP contribution in [0, 0.1) is 0 Å². The van der Waals surface area contributed by atoms with Crippen LogP contribution in [0.1, 0.15) is 15.9 Å². The van der Waals surface area contributed by atoms with Gasteiger partial charge in [0.05, 0.1) is 17.5 Å². The molecule has 0 heterocycles. The number of hydrogen-bond acceptors (Lipinski definition) is 4. The van der Waals surface area contributed by atoms with Crippen molar-refractivity contribution in [3.05, 3.63) is 29.3 Å². The summed E-state index contributed by atoms with van der Waals surface area (Å²) in [5, 5.41) is 19.3. The minimum absolute atomic E-state index is 0. The van der Waals surface area contributed by atoms with Gasteiger partial charge in [-0.15, -0.1) is 0 Å². The van der Waals surface area contributed by atoms with Crippen LogP contribution >= 0.6 is 0 Å². The van der Waals surface area contributed by atoms with E-state index >= 15 is 0 Å². The molecule has 2 N–H and O–H groups in total. The molecule has 1 unspecified atom stereocenters. The number of carboxylic acids is 1. The monoisotopic (exact) mass is 238 g/mol. The van der Waals surface area contributed by atoms with Crippen molar-refractivity contribution in [1.82, 2.24) is 0 Å². The maximum Gasteiger partial charge on any atom is 1.00 e. The van der Waals surface area contributed by atoms with E-state index in [2.05, 4.69) is 0 Å². The second-order valence-corrected chi connectivity index (χ2v) is 3.48. The van der Waals surface area contributed by atoms with Gasteiger partial charge in [-0.05, 0) is 17.7 Å². The molecule has 7 heteroatoms. The van der Waals surface area contributed by atoms with Gasteiger partial charge in [-0.1, -0.05) is 6.07 Å². The molecule has 0 aliphatic carbocycles. The quantitative estimate of drug-likeness (QED) is 0.415. The van der Waals surface area contributed by atoms with E-state index in [9.17, 15) is 14.1 Å². The molecule has 0 fully saturated rings. The van der Waals surface area contributed by atoms with Gasteiger partial charge in [-0.2, -0.15) is 0 Å². The molecule has 0 amide bonds. The van der Waals surface area contributed by atoms with Crippen molar-refractivity contribution in [1.29, 1.82) is 0 Å². The van der Waals surface area contributed by atoms with Gasteiger partial charge in [-0.25, -0.2) is 4.21 Å². The Morgan fingerprint density at radius 1 is 1.47 bits per heavy atom. The Labute approximate surface area is 111 Å². The minimum atomic E-state index is -2.24. The Morgan fingerprint density at radius 3 is 2.47 bits per heavy atom. The van der Waals surface area contributed by atoms with Gasteiger partial charge in [-0.3, -0.25) is 0 Å². The van der Waals surface area contributed by atoms with Gasteiger partial charge in [0.1, 0.15) is 0 Å². The molecule has 0 aliphatic heterocycles. The number of carboxylic acid groups (broad SMARTS) is 1. The normalized spacial score (nSPS) is 11.6. The first-order valence-corrected chi connectivity index (χ1v) is 4.73. The zero-order valence-corrected chi connectivity index (χ0v) is 10.8. The second kappa shape index (κ2) is 6.37. The van der Waals surface area contributed by atoms with E-state index in [4.69, 9.17) is 9.66 Å². The number of aromatic carboxylic acids is 1. The van der Waals surface area contributed by atoms with E-state index < -0.39 is 23.7 Å². The molecule has 1 aromatic carbocycles. The summed E-state index contributed by atoms with van der Waals surface area (Å²) in [4.78, 5) is 10.5. The first kappa shape index (κ1) is 14.8. The third kappa shape index (κ3) is 3.67. The molecule has 0 spiro atoms. The number of aliphatic hydroxyl groups is 1. The summed E-state index contributed by atoms with van der Waals surface area (Å²) in [5.74, 6) is -1.48. The molecular weight excluding hydrogens is 231 g/mol. The SMILES string of the molecule is O=C([O-])c1cc(S(=O)O)ccc1CO.[Na+]. The maximum absolute atomic E-state index is 10.6. The van der Waals surface area contributed by atoms with E-state index in [0.29, 0.717) is 0 Å². The Hall–Kier alpha value is -0.240. The van der Waals surface area contributed by atoms with Crippen LogP contribution in [0.3, 0.4) is 0 Å². The van der Waals surface area contributed by atoms with Gasteiger partial charge < -0.3 is 19.6 Å². The van der Waals surface area contributed by atoms with Crippen molar-refractivity contribution in [2.24, 2.45) is 0 Å². The maximum atomic E-state index is 10.6. The van der Waals surface area contributed by atoms with Crippen LogP contribution in [-0.2, 0) is 17.7 Å². The number of aliphatic hydroxyl groups excluding tert-OH is 1. The van der Waals surface area contributed by atoms with E-state index in [0.717, 1.165) is 6.07 Å². The predicted octanol–water partition coefficient (Wildman–Crippen LogP) is -3.87. The van der Waals surface area contributed by atoms with E-state index in [1.165, 1.54) is 12.1 Å². The largest absolute Gasteiger partial charge is 1.00 e. The van der Waals surface area contributed by atoms with Gasteiger partial charge in [0, 0.05) is 5.56 Å². The molecule has 76 valence electrons. The summed E-state index contributed by atoms with van der Waals surface area (Å²) in [6.45, 7) is -0.457. The van der Waals surface area contributed by atoms with E-state index in [-0.39, 0.29) is 45.6 Å². The topological polar surface area (TPSA) is 97.7 Å². The average Bonchev–Trinajstić information content (AvgIpc) is 2.16. The van der Waals surface area contributed by atoms with Crippen LogP contribution in [0.15, 0.2) is 23.1 Å². The average molecular weight is 238 g/mol. The molecule has 1 aromatic rings. The third-order valence-corrected chi connectivity index (χ3v) is 2.33. The molecule has 5 nitrogen and oxygen atoms in total. The van der Waals surface area contributed by atoms with E-state index in [1.54, 1.807) is 0 Å². The molecule has 0 radical (unpaired) electrons. The molecule has 0 aliphatic rings. The Bertz CT molecular complexity index is 393. The van der Waals surface area contributed by atoms with Crippen molar-refractivity contribution in [3.8, 4) is 0 Å². The molecule has 0 saturated carbocycles. The van der Waals surface area contributed by atoms with Gasteiger partial charge in [0.2, 0.25) is 0 Å². The molecule has 0 aromatic heterocycles. The summed E-state index contributed by atoms with van der Waals surface area (Å²) < 4.78 is 19.3. The molecule has 1 atom stereocenters. The van der Waals surface area contributed by atoms with Gasteiger partial charge in [0.15, 0.2) is 11.1 Å². The van der Waals surface area contributed by atoms with Crippen LogP contribution in [0.25, 0.3) is 0 Å². The third-order valence-electron chi connectivity index (χ3n) is 1.67. The number of hydrogen-bond donors (Lipinski definition) is 2. The Balaban J connectivity index is 0.00000196. The summed E-state index contributed by atoms with van der Waals surface area (Å²) in [6.07, 6.45) is 0. The predicted molar refractivity (Wildman–Crippen MR) is 45.7 cm³/mol. The van der Waals surface area contributed by atoms with Crippen LogP contribution in [0.5, 0.6) is 0 Å². The van der Waals surface area contributed by atoms with E-state index in [1.807, 2.05) is 0 Å². The van der Waals surface area contributed by atoms with Crippen molar-refractivity contribution in [3.63, 3.8) is 0 Å². The molecule has 1 rings (SSSR count). The summed E-state index contributed by atoms with van der Waals surface area (Å²) in [6, 6.07) is 3.56. The minimum Gasteiger partial charge on any atom is -0.545 e. The molecule has 0 bridgehead atoms. The van der Waals surface area contributed by atoms with Crippen LogP contribution in [0.2, 0.25) is 0 Å². The van der Waals surface area contributed by atoms with Crippen molar-refractivity contribution in [2.75, 3.05) is 0 Å². The summed E-state index contributed by atoms with van der Waals surface area (Å²) in [5.41, 5.74) is -0.119. The first-order valence-electron chi connectivity index (χ1n) is 3.62. The molecule has 0 saturated heterocycles. The van der Waals surface area contributed by atoms with Crippen molar-refractivity contribution < 1.29 is 53.3 Å². The van der Waals surface area contributed by atoms with Crippen molar-refractivity contribution in [2.45, 2.75) is 11.5 Å². The van der Waals surface area contributed by atoms with Crippen molar-refractivity contribution >= 4 is 17.0 Å². The first-order chi connectivity index (χ1) is 6.56. The van der Waals surface area contributed by atoms with Crippen LogP contribution in [0.4, 0.5) is 0 Å². The zero-order valence-electron chi connectivity index (χ0n) is 7.97. The fourth-order valence-corrected chi connectivity index (χ4v) is 1.40. The Kier molecular flexibility index (Phi) is 6.26. The van der Waals surface area contributed by atoms with Crippen LogP contribution in [-0.4, -0.2) is 19.8 Å². The van der Waals surface area contributed by atoms with Gasteiger partial charge in [0.25, 0.3) is 0 Å². The second-order valence-electron chi connectivity index (χ2n) is 2.51. The number of carbonyl (C=O) groups is 1. The smallest absolute Gasteiger partial charge is 0.545 e. The number of rotatable bonds is 3. The summed E-state index contributed by atoms with van der Waals surface area (Å²) >= 11 is -2.24. The standard InChI is InChI=1S/C8H8O5S.Na/c9-4-5-1-2-6(14(12)13)3-7(5)8(10)11;/h1-3,9H,4H2,(H,10,11)(H,12,13);/q;+1/p-1. The summed E-state index contributed by atoms with van der Waals surface area (Å²) in [7, 11) is 0. The van der Waals surface area contributed by atoms with Gasteiger partial charge >= 0.3 is 29.6 Å². The molecule has 15 heavy (non-hydrogen) atoms. The fraction of sp³-hybridized carbons (Fsp3) is 0.125. The number of benzene rings is 1. The number of carbonyl (C=O) groups excluding carboxylic acids is 1. The fourth-order valence-electron chi connectivity index (χ4n) is 0.992. The van der Waals surface area contributed by atoms with Crippen LogP contribution < -0.4 is 34.7 Å². The molecular formula is C8H7NaO5S.